The molecule has 0 saturated heterocycles. The van der Waals surface area contributed by atoms with Crippen molar-refractivity contribution < 1.29 is 4.39 Å². The lowest BCUT2D eigenvalue weighted by atomic mass is 10.2. The maximum absolute atomic E-state index is 13.8. The van der Waals surface area contributed by atoms with Crippen LogP contribution in [0.15, 0.2) is 24.3 Å². The van der Waals surface area contributed by atoms with Gasteiger partial charge in [0.25, 0.3) is 0 Å². The van der Waals surface area contributed by atoms with Crippen LogP contribution in [0.1, 0.15) is 30.1 Å². The SMILES string of the molecule is Cc1cccc(F)c1Nc1cc(NN)nc(C2CC2)n1. The van der Waals surface area contributed by atoms with Crippen molar-refractivity contribution in [1.82, 2.24) is 9.97 Å². The third-order valence-corrected chi connectivity index (χ3v) is 3.31. The molecular weight excluding hydrogens is 257 g/mol. The Morgan fingerprint density at radius 2 is 2.00 bits per heavy atom. The van der Waals surface area contributed by atoms with E-state index in [0.717, 1.165) is 24.2 Å². The molecule has 0 unspecified atom stereocenters. The predicted molar refractivity (Wildman–Crippen MR) is 76.2 cm³/mol. The van der Waals surface area contributed by atoms with Crippen LogP contribution in [-0.2, 0) is 0 Å². The van der Waals surface area contributed by atoms with Gasteiger partial charge in [-0.05, 0) is 31.4 Å². The summed E-state index contributed by atoms with van der Waals surface area (Å²) in [6, 6.07) is 6.60. The second-order valence-corrected chi connectivity index (χ2v) is 4.97. The normalized spacial score (nSPS) is 14.2. The first kappa shape index (κ1) is 12.8. The van der Waals surface area contributed by atoms with E-state index in [2.05, 4.69) is 20.7 Å². The fourth-order valence-electron chi connectivity index (χ4n) is 2.05. The zero-order valence-electron chi connectivity index (χ0n) is 11.2. The van der Waals surface area contributed by atoms with Gasteiger partial charge in [-0.15, -0.1) is 0 Å². The van der Waals surface area contributed by atoms with Crippen molar-refractivity contribution in [3.8, 4) is 0 Å². The van der Waals surface area contributed by atoms with E-state index < -0.39 is 0 Å². The van der Waals surface area contributed by atoms with Gasteiger partial charge in [-0.1, -0.05) is 12.1 Å². The van der Waals surface area contributed by atoms with Gasteiger partial charge < -0.3 is 10.7 Å². The van der Waals surface area contributed by atoms with Gasteiger partial charge in [0, 0.05) is 12.0 Å². The Bertz CT molecular complexity index is 619. The Kier molecular flexibility index (Phi) is 3.23. The first-order chi connectivity index (χ1) is 9.67. The van der Waals surface area contributed by atoms with Crippen molar-refractivity contribution >= 4 is 17.3 Å². The van der Waals surface area contributed by atoms with Crippen LogP contribution < -0.4 is 16.6 Å². The highest BCUT2D eigenvalue weighted by Gasteiger charge is 2.27. The number of rotatable bonds is 4. The number of hydrazine groups is 1. The predicted octanol–water partition coefficient (Wildman–Crippen LogP) is 2.83. The topological polar surface area (TPSA) is 75.9 Å². The van der Waals surface area contributed by atoms with E-state index in [1.165, 1.54) is 6.07 Å². The van der Waals surface area contributed by atoms with E-state index in [0.29, 0.717) is 23.2 Å². The number of hydrogen-bond acceptors (Lipinski definition) is 5. The molecule has 1 fully saturated rings. The molecular formula is C14H16FN5. The van der Waals surface area contributed by atoms with Gasteiger partial charge >= 0.3 is 0 Å². The van der Waals surface area contributed by atoms with Crippen LogP contribution in [0, 0.1) is 12.7 Å². The fraction of sp³-hybridized carbons (Fsp3) is 0.286. The minimum Gasteiger partial charge on any atom is -0.337 e. The summed E-state index contributed by atoms with van der Waals surface area (Å²) >= 11 is 0. The second-order valence-electron chi connectivity index (χ2n) is 4.97. The van der Waals surface area contributed by atoms with E-state index in [1.54, 1.807) is 12.1 Å². The highest BCUT2D eigenvalue weighted by atomic mass is 19.1. The number of halogens is 1. The maximum Gasteiger partial charge on any atom is 0.146 e. The smallest absolute Gasteiger partial charge is 0.146 e. The summed E-state index contributed by atoms with van der Waals surface area (Å²) in [5, 5.41) is 3.02. The average molecular weight is 273 g/mol. The van der Waals surface area contributed by atoms with Gasteiger partial charge in [0.1, 0.15) is 23.3 Å². The van der Waals surface area contributed by atoms with Gasteiger partial charge in [-0.3, -0.25) is 0 Å². The van der Waals surface area contributed by atoms with Gasteiger partial charge in [0.2, 0.25) is 0 Å². The number of anilines is 3. The lowest BCUT2D eigenvalue weighted by Gasteiger charge is -2.12. The standard InChI is InChI=1S/C14H16FN5/c1-8-3-2-4-10(15)13(8)17-11-7-12(20-16)19-14(18-11)9-5-6-9/h2-4,7,9H,5-6,16H2,1H3,(H2,17,18,19,20). The molecule has 1 aromatic heterocycles. The number of nitrogens with two attached hydrogens (primary N) is 1. The van der Waals surface area contributed by atoms with Crippen molar-refractivity contribution in [3.63, 3.8) is 0 Å². The number of hydrogen-bond donors (Lipinski definition) is 3. The monoisotopic (exact) mass is 273 g/mol. The quantitative estimate of drug-likeness (QED) is 0.590. The number of aryl methyl sites for hydroxylation is 1. The molecule has 0 aliphatic heterocycles. The highest BCUT2D eigenvalue weighted by molar-refractivity contribution is 5.63. The largest absolute Gasteiger partial charge is 0.337 e. The molecule has 1 saturated carbocycles. The van der Waals surface area contributed by atoms with E-state index in [1.807, 2.05) is 13.0 Å². The summed E-state index contributed by atoms with van der Waals surface area (Å²) in [6.07, 6.45) is 2.18. The molecule has 0 spiro atoms. The van der Waals surface area contributed by atoms with E-state index in [4.69, 9.17) is 5.84 Å². The lowest BCUT2D eigenvalue weighted by Crippen LogP contribution is -2.11. The molecule has 1 aliphatic carbocycles. The third-order valence-electron chi connectivity index (χ3n) is 3.31. The highest BCUT2D eigenvalue weighted by Crippen LogP contribution is 2.39. The summed E-state index contributed by atoms with van der Waals surface area (Å²) < 4.78 is 13.8. The van der Waals surface area contributed by atoms with Crippen LogP contribution in [0.4, 0.5) is 21.7 Å². The summed E-state index contributed by atoms with van der Waals surface area (Å²) in [5.41, 5.74) is 3.77. The second kappa shape index (κ2) is 5.05. The molecule has 1 aromatic carbocycles. The molecule has 6 heteroatoms. The van der Waals surface area contributed by atoms with Crippen LogP contribution in [0.2, 0.25) is 0 Å². The molecule has 0 atom stereocenters. The summed E-state index contributed by atoms with van der Waals surface area (Å²) in [4.78, 5) is 8.76. The van der Waals surface area contributed by atoms with Crippen molar-refractivity contribution in [1.29, 1.82) is 0 Å². The van der Waals surface area contributed by atoms with Gasteiger partial charge in [-0.2, -0.15) is 0 Å². The van der Waals surface area contributed by atoms with E-state index in [-0.39, 0.29) is 5.82 Å². The number of nitrogens with one attached hydrogen (secondary N) is 2. The Hall–Kier alpha value is -2.21. The number of para-hydroxylation sites is 1. The zero-order valence-corrected chi connectivity index (χ0v) is 11.2. The lowest BCUT2D eigenvalue weighted by molar-refractivity contribution is 0.630. The number of benzene rings is 1. The maximum atomic E-state index is 13.8. The van der Waals surface area contributed by atoms with Crippen molar-refractivity contribution in [2.75, 3.05) is 10.7 Å². The molecule has 3 rings (SSSR count). The van der Waals surface area contributed by atoms with Crippen LogP contribution in [0.3, 0.4) is 0 Å². The minimum absolute atomic E-state index is 0.307. The molecule has 0 amide bonds. The number of nitrogen functional groups attached to an aromatic ring is 1. The summed E-state index contributed by atoms with van der Waals surface area (Å²) in [6.45, 7) is 1.84. The minimum atomic E-state index is -0.307. The van der Waals surface area contributed by atoms with Crippen molar-refractivity contribution in [3.05, 3.63) is 41.5 Å². The Balaban J connectivity index is 1.95. The Morgan fingerprint density at radius 1 is 1.25 bits per heavy atom. The van der Waals surface area contributed by atoms with Crippen LogP contribution >= 0.6 is 0 Å². The van der Waals surface area contributed by atoms with Gasteiger partial charge in [0.05, 0.1) is 5.69 Å². The molecule has 0 bridgehead atoms. The summed E-state index contributed by atoms with van der Waals surface area (Å²) in [7, 11) is 0. The van der Waals surface area contributed by atoms with Crippen LogP contribution in [0.25, 0.3) is 0 Å². The first-order valence-electron chi connectivity index (χ1n) is 6.55. The van der Waals surface area contributed by atoms with Gasteiger partial charge in [-0.25, -0.2) is 20.2 Å². The molecule has 104 valence electrons. The molecule has 5 nitrogen and oxygen atoms in total. The Labute approximate surface area is 116 Å². The third kappa shape index (κ3) is 2.55. The fourth-order valence-corrected chi connectivity index (χ4v) is 2.05. The van der Waals surface area contributed by atoms with E-state index in [9.17, 15) is 4.39 Å². The summed E-state index contributed by atoms with van der Waals surface area (Å²) in [5.74, 6) is 7.32. The van der Waals surface area contributed by atoms with Crippen LogP contribution in [0.5, 0.6) is 0 Å². The molecule has 2 aromatic rings. The van der Waals surface area contributed by atoms with E-state index >= 15 is 0 Å². The zero-order chi connectivity index (χ0) is 14.1. The van der Waals surface area contributed by atoms with Gasteiger partial charge in [0.15, 0.2) is 0 Å². The average Bonchev–Trinajstić information content (AvgIpc) is 3.27. The first-order valence-corrected chi connectivity index (χ1v) is 6.55. The van der Waals surface area contributed by atoms with Crippen molar-refractivity contribution in [2.24, 2.45) is 5.84 Å². The molecule has 20 heavy (non-hydrogen) atoms. The van der Waals surface area contributed by atoms with Crippen molar-refractivity contribution in [2.45, 2.75) is 25.7 Å². The number of nitrogens with zero attached hydrogens (tertiary/aromatic N) is 2. The van der Waals surface area contributed by atoms with Crippen LogP contribution in [-0.4, -0.2) is 9.97 Å². The molecule has 1 heterocycles. The molecule has 0 radical (unpaired) electrons. The Morgan fingerprint density at radius 3 is 2.65 bits per heavy atom. The molecule has 1 aliphatic rings. The number of aromatic nitrogens is 2. The molecule has 4 N–H and O–H groups in total.